The van der Waals surface area contributed by atoms with E-state index in [0.717, 1.165) is 18.1 Å². The van der Waals surface area contributed by atoms with Gasteiger partial charge in [0, 0.05) is 36.2 Å². The predicted molar refractivity (Wildman–Crippen MR) is 68.6 cm³/mol. The van der Waals surface area contributed by atoms with Crippen LogP contribution in [0, 0.1) is 0 Å². The van der Waals surface area contributed by atoms with E-state index in [1.165, 1.54) is 43.9 Å². The summed E-state index contributed by atoms with van der Waals surface area (Å²) in [5.74, 6) is 2.64. The number of thioether (sulfide) groups is 1. The number of rotatable bonds is 5. The van der Waals surface area contributed by atoms with E-state index in [9.17, 15) is 0 Å². The first kappa shape index (κ1) is 11.7. The first-order valence-electron chi connectivity index (χ1n) is 6.34. The molecule has 0 bridgehead atoms. The van der Waals surface area contributed by atoms with Gasteiger partial charge >= 0.3 is 0 Å². The van der Waals surface area contributed by atoms with E-state index in [1.807, 2.05) is 0 Å². The highest BCUT2D eigenvalue weighted by Gasteiger charge is 2.24. The van der Waals surface area contributed by atoms with Crippen molar-refractivity contribution < 1.29 is 0 Å². The minimum absolute atomic E-state index is 0.757. The Labute approximate surface area is 98.2 Å². The molecule has 1 aliphatic carbocycles. The molecule has 0 aromatic rings. The highest BCUT2D eigenvalue weighted by Crippen LogP contribution is 2.21. The average molecular weight is 228 g/mol. The minimum Gasteiger partial charge on any atom is -0.314 e. The van der Waals surface area contributed by atoms with Gasteiger partial charge in [-0.2, -0.15) is 11.8 Å². The van der Waals surface area contributed by atoms with E-state index < -0.39 is 0 Å². The molecule has 2 nitrogen and oxygen atoms in total. The molecular formula is C12H24N2S. The second-order valence-corrected chi connectivity index (χ2v) is 6.18. The minimum atomic E-state index is 0.757. The lowest BCUT2D eigenvalue weighted by atomic mass is 10.1. The van der Waals surface area contributed by atoms with Crippen LogP contribution in [0.3, 0.4) is 0 Å². The van der Waals surface area contributed by atoms with Gasteiger partial charge in [0.05, 0.1) is 0 Å². The van der Waals surface area contributed by atoms with Crippen LogP contribution < -0.4 is 5.32 Å². The molecule has 15 heavy (non-hydrogen) atoms. The van der Waals surface area contributed by atoms with Crippen LogP contribution in [0.15, 0.2) is 0 Å². The molecule has 0 aromatic heterocycles. The predicted octanol–water partition coefficient (Wildman–Crippen LogP) is 1.95. The van der Waals surface area contributed by atoms with Gasteiger partial charge in [-0.25, -0.2) is 0 Å². The fourth-order valence-corrected chi connectivity index (χ4v) is 3.38. The number of hydrogen-bond donors (Lipinski definition) is 1. The fourth-order valence-electron chi connectivity index (χ4n) is 2.34. The Hall–Kier alpha value is 0.270. The van der Waals surface area contributed by atoms with Crippen LogP contribution in [0.1, 0.15) is 33.1 Å². The SMILES string of the molecule is CC(CCNC1CC1)N1CCSCC1C. The van der Waals surface area contributed by atoms with E-state index in [1.54, 1.807) is 0 Å². The van der Waals surface area contributed by atoms with Crippen molar-refractivity contribution >= 4 is 11.8 Å². The van der Waals surface area contributed by atoms with Gasteiger partial charge in [0.15, 0.2) is 0 Å². The Balaban J connectivity index is 1.65. The van der Waals surface area contributed by atoms with Crippen LogP contribution in [0.2, 0.25) is 0 Å². The zero-order valence-corrected chi connectivity index (χ0v) is 10.9. The zero-order valence-electron chi connectivity index (χ0n) is 10.0. The summed E-state index contributed by atoms with van der Waals surface area (Å²) in [5, 5.41) is 3.61. The second-order valence-electron chi connectivity index (χ2n) is 5.03. The molecule has 88 valence electrons. The molecule has 0 amide bonds. The molecule has 1 aliphatic heterocycles. The van der Waals surface area contributed by atoms with Crippen molar-refractivity contribution in [2.45, 2.75) is 51.2 Å². The van der Waals surface area contributed by atoms with Crippen molar-refractivity contribution in [3.8, 4) is 0 Å². The molecular weight excluding hydrogens is 204 g/mol. The summed E-state index contributed by atoms with van der Waals surface area (Å²) in [5.41, 5.74) is 0. The lowest BCUT2D eigenvalue weighted by molar-refractivity contribution is 0.164. The maximum atomic E-state index is 3.61. The summed E-state index contributed by atoms with van der Waals surface area (Å²) in [4.78, 5) is 2.69. The Morgan fingerprint density at radius 3 is 2.93 bits per heavy atom. The summed E-state index contributed by atoms with van der Waals surface area (Å²) in [7, 11) is 0. The van der Waals surface area contributed by atoms with Gasteiger partial charge in [-0.3, -0.25) is 4.90 Å². The highest BCUT2D eigenvalue weighted by molar-refractivity contribution is 7.99. The van der Waals surface area contributed by atoms with Crippen LogP contribution in [-0.4, -0.2) is 47.6 Å². The summed E-state index contributed by atoms with van der Waals surface area (Å²) in [6, 6.07) is 2.40. The number of nitrogens with zero attached hydrogens (tertiary/aromatic N) is 1. The molecule has 1 saturated carbocycles. The molecule has 2 rings (SSSR count). The van der Waals surface area contributed by atoms with Crippen molar-refractivity contribution in [3.63, 3.8) is 0 Å². The Morgan fingerprint density at radius 2 is 2.27 bits per heavy atom. The molecule has 0 aromatic carbocycles. The third-order valence-corrected chi connectivity index (χ3v) is 4.75. The van der Waals surface area contributed by atoms with E-state index in [-0.39, 0.29) is 0 Å². The van der Waals surface area contributed by atoms with Crippen LogP contribution in [0.4, 0.5) is 0 Å². The molecule has 2 unspecified atom stereocenters. The van der Waals surface area contributed by atoms with Crippen molar-refractivity contribution in [3.05, 3.63) is 0 Å². The van der Waals surface area contributed by atoms with Gasteiger partial charge in [0.25, 0.3) is 0 Å². The van der Waals surface area contributed by atoms with Crippen molar-refractivity contribution in [1.82, 2.24) is 10.2 Å². The third kappa shape index (κ3) is 3.65. The average Bonchev–Trinajstić information content (AvgIpc) is 3.02. The topological polar surface area (TPSA) is 15.3 Å². The first-order valence-corrected chi connectivity index (χ1v) is 7.49. The van der Waals surface area contributed by atoms with Gasteiger partial charge in [-0.15, -0.1) is 0 Å². The molecule has 0 spiro atoms. The van der Waals surface area contributed by atoms with Crippen LogP contribution in [0.25, 0.3) is 0 Å². The molecule has 2 fully saturated rings. The van der Waals surface area contributed by atoms with E-state index in [0.29, 0.717) is 0 Å². The molecule has 2 aliphatic rings. The summed E-state index contributed by atoms with van der Waals surface area (Å²) in [6.45, 7) is 7.26. The zero-order chi connectivity index (χ0) is 10.7. The standard InChI is InChI=1S/C12H24N2S/c1-10(5-6-13-12-3-4-12)14-7-8-15-9-11(14)2/h10-13H,3-9H2,1-2H3. The van der Waals surface area contributed by atoms with Gasteiger partial charge in [0.1, 0.15) is 0 Å². The highest BCUT2D eigenvalue weighted by atomic mass is 32.2. The Kier molecular flexibility index (Phi) is 4.35. The Morgan fingerprint density at radius 1 is 1.47 bits per heavy atom. The number of nitrogens with one attached hydrogen (secondary N) is 1. The number of hydrogen-bond acceptors (Lipinski definition) is 3. The smallest absolute Gasteiger partial charge is 0.0161 e. The monoisotopic (exact) mass is 228 g/mol. The summed E-state index contributed by atoms with van der Waals surface area (Å²) >= 11 is 2.11. The van der Waals surface area contributed by atoms with Crippen molar-refractivity contribution in [1.29, 1.82) is 0 Å². The lowest BCUT2D eigenvalue weighted by Crippen LogP contribution is -2.46. The summed E-state index contributed by atoms with van der Waals surface area (Å²) in [6.07, 6.45) is 4.13. The molecule has 1 saturated heterocycles. The lowest BCUT2D eigenvalue weighted by Gasteiger charge is -2.37. The largest absolute Gasteiger partial charge is 0.314 e. The maximum absolute atomic E-state index is 3.61. The fraction of sp³-hybridized carbons (Fsp3) is 1.00. The molecule has 1 N–H and O–H groups in total. The van der Waals surface area contributed by atoms with Gasteiger partial charge in [0.2, 0.25) is 0 Å². The molecule has 0 radical (unpaired) electrons. The van der Waals surface area contributed by atoms with Gasteiger partial charge in [-0.1, -0.05) is 0 Å². The molecule has 1 heterocycles. The van der Waals surface area contributed by atoms with Crippen LogP contribution in [-0.2, 0) is 0 Å². The van der Waals surface area contributed by atoms with Crippen LogP contribution >= 0.6 is 11.8 Å². The summed E-state index contributed by atoms with van der Waals surface area (Å²) < 4.78 is 0. The normalized spacial score (nSPS) is 30.4. The Bertz CT molecular complexity index is 194. The molecule has 3 heteroatoms. The van der Waals surface area contributed by atoms with E-state index in [2.05, 4.69) is 35.8 Å². The molecule has 2 atom stereocenters. The maximum Gasteiger partial charge on any atom is 0.0161 e. The van der Waals surface area contributed by atoms with Gasteiger partial charge in [-0.05, 0) is 39.7 Å². The van der Waals surface area contributed by atoms with Crippen molar-refractivity contribution in [2.75, 3.05) is 24.6 Å². The van der Waals surface area contributed by atoms with E-state index >= 15 is 0 Å². The second kappa shape index (κ2) is 5.55. The van der Waals surface area contributed by atoms with E-state index in [4.69, 9.17) is 0 Å². The van der Waals surface area contributed by atoms with Crippen molar-refractivity contribution in [2.24, 2.45) is 0 Å². The third-order valence-electron chi connectivity index (χ3n) is 3.56. The van der Waals surface area contributed by atoms with Crippen LogP contribution in [0.5, 0.6) is 0 Å². The quantitative estimate of drug-likeness (QED) is 0.774. The van der Waals surface area contributed by atoms with Gasteiger partial charge < -0.3 is 5.32 Å². The first-order chi connectivity index (χ1) is 7.27.